The summed E-state index contributed by atoms with van der Waals surface area (Å²) in [5.74, 6) is -0.170. The molecule has 0 amide bonds. The number of hydrogen-bond acceptors (Lipinski definition) is 2. The van der Waals surface area contributed by atoms with Crippen LogP contribution in [0.15, 0.2) is 72.9 Å². The average Bonchev–Trinajstić information content (AvgIpc) is 3.04. The summed E-state index contributed by atoms with van der Waals surface area (Å²) in [6, 6.07) is 20.8. The molecule has 0 saturated carbocycles. The lowest BCUT2D eigenvalue weighted by Gasteiger charge is -2.06. The van der Waals surface area contributed by atoms with Gasteiger partial charge in [-0.3, -0.25) is 0 Å². The summed E-state index contributed by atoms with van der Waals surface area (Å²) >= 11 is 6.21. The van der Waals surface area contributed by atoms with Crippen molar-refractivity contribution in [3.8, 4) is 11.8 Å². The summed E-state index contributed by atoms with van der Waals surface area (Å²) in [6.45, 7) is 0.541. The van der Waals surface area contributed by atoms with Crippen LogP contribution in [0.3, 0.4) is 0 Å². The predicted molar refractivity (Wildman–Crippen MR) is 114 cm³/mol. The summed E-state index contributed by atoms with van der Waals surface area (Å²) in [5.41, 5.74) is 3.81. The Balaban J connectivity index is 1.82. The molecule has 0 unspecified atom stereocenters. The normalized spacial score (nSPS) is 11.6. The van der Waals surface area contributed by atoms with Crippen LogP contribution in [0.25, 0.3) is 22.6 Å². The van der Waals surface area contributed by atoms with Crippen LogP contribution >= 0.6 is 11.6 Å². The number of nitrogens with zero attached hydrogens (tertiary/aromatic N) is 2. The molecular weight excluding hydrogens is 387 g/mol. The van der Waals surface area contributed by atoms with Crippen molar-refractivity contribution in [2.24, 2.45) is 0 Å². The maximum atomic E-state index is 13.2. The van der Waals surface area contributed by atoms with E-state index in [-0.39, 0.29) is 11.6 Å². The fourth-order valence-electron chi connectivity index (χ4n) is 3.33. The zero-order chi connectivity index (χ0) is 20.4. The van der Waals surface area contributed by atoms with Gasteiger partial charge in [-0.05, 0) is 53.6 Å². The van der Waals surface area contributed by atoms with Crippen molar-refractivity contribution >= 4 is 34.2 Å². The number of benzene rings is 3. The number of phenols is 1. The van der Waals surface area contributed by atoms with Crippen LogP contribution in [0.1, 0.15) is 16.7 Å². The fraction of sp³-hybridized carbons (Fsp3) is 0.0417. The van der Waals surface area contributed by atoms with Gasteiger partial charge < -0.3 is 9.67 Å². The van der Waals surface area contributed by atoms with E-state index in [1.54, 1.807) is 42.5 Å². The number of aromatic hydroxyl groups is 1. The molecule has 142 valence electrons. The summed E-state index contributed by atoms with van der Waals surface area (Å²) in [6.07, 6.45) is 3.75. The van der Waals surface area contributed by atoms with Crippen LogP contribution in [-0.4, -0.2) is 9.67 Å². The van der Waals surface area contributed by atoms with Gasteiger partial charge in [0.2, 0.25) is 0 Å². The molecule has 0 radical (unpaired) electrons. The lowest BCUT2D eigenvalue weighted by atomic mass is 10.0. The third-order valence-corrected chi connectivity index (χ3v) is 4.95. The van der Waals surface area contributed by atoms with Crippen molar-refractivity contribution in [3.63, 3.8) is 0 Å². The molecule has 3 nitrogen and oxygen atoms in total. The first-order chi connectivity index (χ1) is 14.0. The van der Waals surface area contributed by atoms with Crippen molar-refractivity contribution in [1.82, 2.24) is 4.57 Å². The van der Waals surface area contributed by atoms with Gasteiger partial charge in [0.1, 0.15) is 11.6 Å². The van der Waals surface area contributed by atoms with Crippen LogP contribution in [0.4, 0.5) is 4.39 Å². The molecule has 4 aromatic rings. The molecule has 0 aliphatic heterocycles. The molecule has 1 aromatic heterocycles. The van der Waals surface area contributed by atoms with Crippen LogP contribution in [0.2, 0.25) is 5.02 Å². The number of nitriles is 1. The molecule has 0 fully saturated rings. The number of fused-ring (bicyclic) bond motifs is 1. The highest BCUT2D eigenvalue weighted by atomic mass is 35.5. The molecule has 0 atom stereocenters. The smallest absolute Gasteiger partial charge is 0.123 e. The van der Waals surface area contributed by atoms with Crippen LogP contribution < -0.4 is 0 Å². The van der Waals surface area contributed by atoms with E-state index in [2.05, 4.69) is 6.07 Å². The number of aromatic nitrogens is 1. The highest BCUT2D eigenvalue weighted by Gasteiger charge is 2.11. The lowest BCUT2D eigenvalue weighted by Crippen LogP contribution is -1.97. The largest absolute Gasteiger partial charge is 0.508 e. The minimum absolute atomic E-state index is 0.106. The SMILES string of the molecule is N#C/C(=C\c1cn(Cc2ccc(F)cc2)c2cc(Cl)ccc12)c1cccc(O)c1. The summed E-state index contributed by atoms with van der Waals surface area (Å²) in [7, 11) is 0. The predicted octanol–water partition coefficient (Wildman–Crippen LogP) is 6.25. The van der Waals surface area contributed by atoms with Gasteiger partial charge in [0.05, 0.1) is 17.2 Å². The maximum absolute atomic E-state index is 13.2. The van der Waals surface area contributed by atoms with Gasteiger partial charge in [0, 0.05) is 28.7 Å². The van der Waals surface area contributed by atoms with Crippen molar-refractivity contribution in [2.45, 2.75) is 6.54 Å². The third kappa shape index (κ3) is 4.01. The Bertz CT molecular complexity index is 1270. The molecule has 1 N–H and O–H groups in total. The molecule has 29 heavy (non-hydrogen) atoms. The van der Waals surface area contributed by atoms with E-state index in [9.17, 15) is 14.8 Å². The molecule has 0 saturated heterocycles. The molecule has 0 bridgehead atoms. The van der Waals surface area contributed by atoms with Crippen molar-refractivity contribution < 1.29 is 9.50 Å². The second-order valence-corrected chi connectivity index (χ2v) is 7.16. The number of allylic oxidation sites excluding steroid dienone is 1. The Morgan fingerprint density at radius 2 is 1.90 bits per heavy atom. The molecule has 1 heterocycles. The summed E-state index contributed by atoms with van der Waals surface area (Å²) < 4.78 is 15.3. The van der Waals surface area contributed by atoms with Gasteiger partial charge in [-0.2, -0.15) is 5.26 Å². The molecule has 0 aliphatic carbocycles. The highest BCUT2D eigenvalue weighted by molar-refractivity contribution is 6.31. The Labute approximate surface area is 172 Å². The van der Waals surface area contributed by atoms with Crippen LogP contribution in [0, 0.1) is 17.1 Å². The van der Waals surface area contributed by atoms with Gasteiger partial charge in [-0.1, -0.05) is 41.9 Å². The molecule has 0 aliphatic rings. The first kappa shape index (κ1) is 18.8. The topological polar surface area (TPSA) is 49.0 Å². The van der Waals surface area contributed by atoms with E-state index >= 15 is 0 Å². The van der Waals surface area contributed by atoms with E-state index in [0.717, 1.165) is 22.0 Å². The van der Waals surface area contributed by atoms with Gasteiger partial charge >= 0.3 is 0 Å². The Hall–Kier alpha value is -3.55. The van der Waals surface area contributed by atoms with Crippen molar-refractivity contribution in [2.75, 3.05) is 0 Å². The van der Waals surface area contributed by atoms with Crippen LogP contribution in [0.5, 0.6) is 5.75 Å². The average molecular weight is 403 g/mol. The Morgan fingerprint density at radius 3 is 2.62 bits per heavy atom. The van der Waals surface area contributed by atoms with Crippen molar-refractivity contribution in [1.29, 1.82) is 5.26 Å². The minimum atomic E-state index is -0.275. The maximum Gasteiger partial charge on any atom is 0.123 e. The summed E-state index contributed by atoms with van der Waals surface area (Å²) in [5, 5.41) is 20.9. The van der Waals surface area contributed by atoms with Gasteiger partial charge in [-0.15, -0.1) is 0 Å². The highest BCUT2D eigenvalue weighted by Crippen LogP contribution is 2.29. The van der Waals surface area contributed by atoms with E-state index in [0.29, 0.717) is 22.7 Å². The van der Waals surface area contributed by atoms with Gasteiger partial charge in [0.25, 0.3) is 0 Å². The zero-order valence-corrected chi connectivity index (χ0v) is 16.1. The van der Waals surface area contributed by atoms with Crippen LogP contribution in [-0.2, 0) is 6.54 Å². The lowest BCUT2D eigenvalue weighted by molar-refractivity contribution is 0.475. The number of halogens is 2. The minimum Gasteiger partial charge on any atom is -0.508 e. The first-order valence-electron chi connectivity index (χ1n) is 8.97. The molecule has 3 aromatic carbocycles. The van der Waals surface area contributed by atoms with E-state index in [4.69, 9.17) is 11.6 Å². The Morgan fingerprint density at radius 1 is 1.10 bits per heavy atom. The molecule has 4 rings (SSSR count). The number of hydrogen-bond donors (Lipinski definition) is 1. The van der Waals surface area contributed by atoms with E-state index in [1.807, 2.05) is 29.0 Å². The van der Waals surface area contributed by atoms with Crippen molar-refractivity contribution in [3.05, 3.63) is 100 Å². The fourth-order valence-corrected chi connectivity index (χ4v) is 3.50. The third-order valence-electron chi connectivity index (χ3n) is 4.72. The molecular formula is C24H16ClFN2O. The Kier molecular flexibility index (Phi) is 5.07. The van der Waals surface area contributed by atoms with Gasteiger partial charge in [-0.25, -0.2) is 4.39 Å². The van der Waals surface area contributed by atoms with E-state index < -0.39 is 0 Å². The second kappa shape index (κ2) is 7.83. The zero-order valence-electron chi connectivity index (χ0n) is 15.3. The van der Waals surface area contributed by atoms with Gasteiger partial charge in [0.15, 0.2) is 0 Å². The number of rotatable bonds is 4. The number of phenolic OH excluding ortho intramolecular Hbond substituents is 1. The molecule has 0 spiro atoms. The van der Waals surface area contributed by atoms with E-state index in [1.165, 1.54) is 12.1 Å². The molecule has 5 heteroatoms. The summed E-state index contributed by atoms with van der Waals surface area (Å²) in [4.78, 5) is 0. The quantitative estimate of drug-likeness (QED) is 0.410. The first-order valence-corrected chi connectivity index (χ1v) is 9.35. The standard InChI is InChI=1S/C24H16ClFN2O/c25-20-6-9-23-19(10-18(13-27)17-2-1-3-22(29)11-17)15-28(24(23)12-20)14-16-4-7-21(26)8-5-16/h1-12,15,29H,14H2/b18-10+. The monoisotopic (exact) mass is 402 g/mol. The second-order valence-electron chi connectivity index (χ2n) is 6.72.